The van der Waals surface area contributed by atoms with Gasteiger partial charge in [0.1, 0.15) is 9.88 Å². The van der Waals surface area contributed by atoms with Crippen LogP contribution in [0.15, 0.2) is 23.2 Å². The molecule has 110 valence electrons. The Labute approximate surface area is 131 Å². The van der Waals surface area contributed by atoms with Gasteiger partial charge in [-0.25, -0.2) is 13.4 Å². The average Bonchev–Trinajstić information content (AvgIpc) is 2.99. The van der Waals surface area contributed by atoms with Crippen LogP contribution >= 0.6 is 23.6 Å². The lowest BCUT2D eigenvalue weighted by Gasteiger charge is -2.05. The maximum absolute atomic E-state index is 12.3. The van der Waals surface area contributed by atoms with Crippen molar-refractivity contribution < 1.29 is 8.42 Å². The fraction of sp³-hybridized carbons (Fsp3) is 0.250. The first-order chi connectivity index (χ1) is 9.95. The van der Waals surface area contributed by atoms with Crippen LogP contribution in [0.25, 0.3) is 0 Å². The van der Waals surface area contributed by atoms with E-state index in [9.17, 15) is 8.42 Å². The molecular formula is C12H12N4O2S3. The summed E-state index contributed by atoms with van der Waals surface area (Å²) in [5.41, 5.74) is 6.82. The molecule has 9 heteroatoms. The van der Waals surface area contributed by atoms with E-state index in [1.807, 2.05) is 0 Å². The smallest absolute Gasteiger partial charge is 0.265 e. The maximum atomic E-state index is 12.3. The molecule has 3 N–H and O–H groups in total. The molecule has 1 aliphatic rings. The first kappa shape index (κ1) is 14.4. The van der Waals surface area contributed by atoms with Crippen molar-refractivity contribution in [3.63, 3.8) is 0 Å². The van der Waals surface area contributed by atoms with Crippen LogP contribution in [0.1, 0.15) is 22.7 Å². The average molecular weight is 340 g/mol. The molecular weight excluding hydrogens is 328 g/mol. The highest BCUT2D eigenvalue weighted by Gasteiger charge is 2.21. The van der Waals surface area contributed by atoms with Gasteiger partial charge in [0.2, 0.25) is 0 Å². The number of nitrogens with two attached hydrogens (primary N) is 1. The van der Waals surface area contributed by atoms with E-state index in [1.54, 1.807) is 0 Å². The summed E-state index contributed by atoms with van der Waals surface area (Å²) >= 11 is 6.17. The Morgan fingerprint density at radius 1 is 1.38 bits per heavy atom. The van der Waals surface area contributed by atoms with Crippen molar-refractivity contribution in [2.24, 2.45) is 5.73 Å². The second kappa shape index (κ2) is 5.32. The molecule has 0 atom stereocenters. The van der Waals surface area contributed by atoms with Gasteiger partial charge in [-0.3, -0.25) is 9.71 Å². The van der Waals surface area contributed by atoms with Crippen molar-refractivity contribution in [2.75, 3.05) is 4.72 Å². The normalized spacial score (nSPS) is 13.9. The van der Waals surface area contributed by atoms with Gasteiger partial charge in [0.15, 0.2) is 5.13 Å². The number of aryl methyl sites for hydroxylation is 2. The third-order valence-corrected chi connectivity index (χ3v) is 5.85. The number of nitrogens with one attached hydrogen (secondary N) is 1. The number of rotatable bonds is 4. The molecule has 3 rings (SSSR count). The number of thiocarbonyl (C=S) groups is 1. The van der Waals surface area contributed by atoms with E-state index in [0.29, 0.717) is 10.8 Å². The first-order valence-electron chi connectivity index (χ1n) is 6.23. The topological polar surface area (TPSA) is 98.0 Å². The highest BCUT2D eigenvalue weighted by Crippen LogP contribution is 2.31. The summed E-state index contributed by atoms with van der Waals surface area (Å²) < 4.78 is 27.0. The summed E-state index contributed by atoms with van der Waals surface area (Å²) in [5.74, 6) is 0. The van der Waals surface area contributed by atoms with Gasteiger partial charge in [0.25, 0.3) is 10.0 Å². The molecule has 1 aliphatic carbocycles. The largest absolute Gasteiger partial charge is 0.388 e. The van der Waals surface area contributed by atoms with E-state index >= 15 is 0 Å². The third-order valence-electron chi connectivity index (χ3n) is 3.12. The number of nitrogens with zero attached hydrogens (tertiary/aromatic N) is 2. The third kappa shape index (κ3) is 2.89. The van der Waals surface area contributed by atoms with Crippen LogP contribution in [0.2, 0.25) is 0 Å². The van der Waals surface area contributed by atoms with Gasteiger partial charge in [-0.05, 0) is 31.4 Å². The molecule has 0 unspecified atom stereocenters. The Morgan fingerprint density at radius 2 is 2.19 bits per heavy atom. The second-order valence-corrected chi connectivity index (χ2v) is 7.80. The van der Waals surface area contributed by atoms with Gasteiger partial charge in [0, 0.05) is 11.1 Å². The van der Waals surface area contributed by atoms with E-state index in [2.05, 4.69) is 14.7 Å². The molecule has 0 bridgehead atoms. The summed E-state index contributed by atoms with van der Waals surface area (Å²) in [4.78, 5) is 9.59. The number of aromatic nitrogens is 2. The predicted octanol–water partition coefficient (Wildman–Crippen LogP) is 1.46. The van der Waals surface area contributed by atoms with Crippen LogP contribution in [-0.2, 0) is 22.9 Å². The van der Waals surface area contributed by atoms with Crippen LogP contribution in [-0.4, -0.2) is 23.4 Å². The van der Waals surface area contributed by atoms with Crippen LogP contribution in [0.4, 0.5) is 5.13 Å². The Morgan fingerprint density at radius 3 is 2.81 bits per heavy atom. The van der Waals surface area contributed by atoms with Crippen LogP contribution in [0.3, 0.4) is 0 Å². The Kier molecular flexibility index (Phi) is 3.64. The van der Waals surface area contributed by atoms with Crippen molar-refractivity contribution in [1.82, 2.24) is 9.97 Å². The minimum atomic E-state index is -3.69. The summed E-state index contributed by atoms with van der Waals surface area (Å²) in [6, 6.07) is 2.91. The summed E-state index contributed by atoms with van der Waals surface area (Å²) in [6.07, 6.45) is 4.21. The fourth-order valence-corrected chi connectivity index (χ4v) is 4.44. The summed E-state index contributed by atoms with van der Waals surface area (Å²) in [6.45, 7) is 0. The molecule has 21 heavy (non-hydrogen) atoms. The molecule has 0 saturated heterocycles. The molecule has 2 aromatic rings. The van der Waals surface area contributed by atoms with Crippen LogP contribution < -0.4 is 10.5 Å². The number of anilines is 1. The van der Waals surface area contributed by atoms with E-state index in [1.165, 1.54) is 29.7 Å². The van der Waals surface area contributed by atoms with Gasteiger partial charge in [-0.2, -0.15) is 0 Å². The molecule has 2 heterocycles. The number of hydrogen-bond donors (Lipinski definition) is 2. The minimum absolute atomic E-state index is 0.0536. The molecule has 0 radical (unpaired) electrons. The van der Waals surface area contributed by atoms with Crippen molar-refractivity contribution >= 4 is 43.7 Å². The lowest BCUT2D eigenvalue weighted by molar-refractivity contribution is 0.600. The Hall–Kier alpha value is -1.58. The zero-order valence-corrected chi connectivity index (χ0v) is 13.3. The summed E-state index contributed by atoms with van der Waals surface area (Å²) in [5, 5.41) is 0.401. The number of fused-ring (bicyclic) bond motifs is 1. The second-order valence-electron chi connectivity index (χ2n) is 4.59. The van der Waals surface area contributed by atoms with Crippen molar-refractivity contribution in [2.45, 2.75) is 24.2 Å². The van der Waals surface area contributed by atoms with Gasteiger partial charge in [0.05, 0.1) is 11.4 Å². The zero-order valence-electron chi connectivity index (χ0n) is 10.9. The van der Waals surface area contributed by atoms with E-state index < -0.39 is 10.0 Å². The van der Waals surface area contributed by atoms with Gasteiger partial charge in [-0.1, -0.05) is 12.2 Å². The van der Waals surface area contributed by atoms with Crippen LogP contribution in [0.5, 0.6) is 0 Å². The lowest BCUT2D eigenvalue weighted by atomic mass is 10.3. The van der Waals surface area contributed by atoms with Crippen molar-refractivity contribution in [3.8, 4) is 0 Å². The molecule has 0 aromatic carbocycles. The van der Waals surface area contributed by atoms with E-state index in [0.717, 1.165) is 29.8 Å². The number of thiazole rings is 1. The number of hydrogen-bond acceptors (Lipinski definition) is 6. The van der Waals surface area contributed by atoms with Gasteiger partial charge < -0.3 is 5.73 Å². The molecule has 0 saturated carbocycles. The highest BCUT2D eigenvalue weighted by atomic mass is 32.2. The lowest BCUT2D eigenvalue weighted by Crippen LogP contribution is -2.15. The fourth-order valence-electron chi connectivity index (χ4n) is 2.09. The molecule has 0 aliphatic heterocycles. The van der Waals surface area contributed by atoms with Gasteiger partial charge in [-0.15, -0.1) is 11.3 Å². The quantitative estimate of drug-likeness (QED) is 0.818. The predicted molar refractivity (Wildman–Crippen MR) is 85.1 cm³/mol. The standard InChI is InChI=1S/C12H12N4O2S3/c13-11(19)9-5-4-7(6-14-9)21(17,18)16-12-15-8-2-1-3-10(8)20-12/h4-6H,1-3H2,(H2,13,19)(H,15,16). The van der Waals surface area contributed by atoms with Crippen molar-refractivity contribution in [3.05, 3.63) is 34.6 Å². The molecule has 6 nitrogen and oxygen atoms in total. The molecule has 0 spiro atoms. The zero-order chi connectivity index (χ0) is 15.0. The molecule has 0 amide bonds. The molecule has 2 aromatic heterocycles. The summed E-state index contributed by atoms with van der Waals surface area (Å²) in [7, 11) is -3.69. The SMILES string of the molecule is NC(=S)c1ccc(S(=O)(=O)Nc2nc3c(s2)CCC3)cn1. The highest BCUT2D eigenvalue weighted by molar-refractivity contribution is 7.93. The number of pyridine rings is 1. The number of sulfonamides is 1. The Bertz CT molecular complexity index is 775. The van der Waals surface area contributed by atoms with Gasteiger partial charge >= 0.3 is 0 Å². The van der Waals surface area contributed by atoms with E-state index in [-0.39, 0.29) is 9.88 Å². The first-order valence-corrected chi connectivity index (χ1v) is 8.94. The monoisotopic (exact) mass is 340 g/mol. The Balaban J connectivity index is 1.84. The maximum Gasteiger partial charge on any atom is 0.265 e. The molecule has 0 fully saturated rings. The van der Waals surface area contributed by atoms with Crippen molar-refractivity contribution in [1.29, 1.82) is 0 Å². The van der Waals surface area contributed by atoms with Crippen LogP contribution in [0, 0.1) is 0 Å². The minimum Gasteiger partial charge on any atom is -0.388 e. The van der Waals surface area contributed by atoms with E-state index in [4.69, 9.17) is 18.0 Å².